The lowest BCUT2D eigenvalue weighted by molar-refractivity contribution is -0.163. The lowest BCUT2D eigenvalue weighted by Gasteiger charge is -2.44. The van der Waals surface area contributed by atoms with Gasteiger partial charge in [0.05, 0.1) is 31.1 Å². The van der Waals surface area contributed by atoms with Crippen LogP contribution in [0.5, 0.6) is 0 Å². The third-order valence-electron chi connectivity index (χ3n) is 4.68. The minimum absolute atomic E-state index is 0.0687. The van der Waals surface area contributed by atoms with Crippen LogP contribution in [0.25, 0.3) is 0 Å². The van der Waals surface area contributed by atoms with Gasteiger partial charge in [0.1, 0.15) is 18.0 Å². The van der Waals surface area contributed by atoms with Gasteiger partial charge in [0.25, 0.3) is 0 Å². The Bertz CT molecular complexity index is 760. The van der Waals surface area contributed by atoms with Crippen molar-refractivity contribution in [2.24, 2.45) is 5.92 Å². The average molecular weight is 383 g/mol. The highest BCUT2D eigenvalue weighted by atomic mass is 19.4. The van der Waals surface area contributed by atoms with E-state index >= 15 is 0 Å². The van der Waals surface area contributed by atoms with Crippen molar-refractivity contribution in [1.82, 2.24) is 9.97 Å². The number of hydrogen-bond acceptors (Lipinski definition) is 6. The number of benzene rings is 1. The first-order valence-electron chi connectivity index (χ1n) is 8.46. The monoisotopic (exact) mass is 383 g/mol. The fourth-order valence-corrected chi connectivity index (χ4v) is 3.21. The number of ether oxygens (including phenoxy) is 1. The van der Waals surface area contributed by atoms with Gasteiger partial charge >= 0.3 is 6.18 Å². The van der Waals surface area contributed by atoms with Gasteiger partial charge in [-0.3, -0.25) is 4.98 Å². The predicted molar refractivity (Wildman–Crippen MR) is 90.8 cm³/mol. The number of rotatable bonds is 4. The Hall–Kier alpha value is -2.23. The molecule has 9 heteroatoms. The molecule has 0 radical (unpaired) electrons. The molecule has 1 aromatic carbocycles. The number of halogens is 3. The van der Waals surface area contributed by atoms with Crippen LogP contribution >= 0.6 is 0 Å². The molecular formula is C18H20F3N3O3. The van der Waals surface area contributed by atoms with E-state index in [1.807, 2.05) is 30.3 Å². The van der Waals surface area contributed by atoms with Crippen molar-refractivity contribution < 1.29 is 28.1 Å². The second-order valence-electron chi connectivity index (χ2n) is 6.50. The van der Waals surface area contributed by atoms with Crippen LogP contribution < -0.4 is 5.32 Å². The number of aromatic nitrogens is 2. The molecule has 0 bridgehead atoms. The largest absolute Gasteiger partial charge is 0.434 e. The standard InChI is InChI=1S/C18H20F3N3O3/c1-10-15(24-14-8-22-7-13(23-14)18(19,20)21)17(11-5-3-2-4-6-11)27-12(9-25)16(10)26/h2-8,10,12,15-17,25-26H,9H2,1H3,(H,23,24)/t10-,12-,15-,16-,17+/m1/s1. The van der Waals surface area contributed by atoms with Crippen LogP contribution in [0.1, 0.15) is 24.3 Å². The molecule has 0 spiro atoms. The molecule has 0 aliphatic carbocycles. The van der Waals surface area contributed by atoms with Crippen LogP contribution in [0.2, 0.25) is 0 Å². The molecule has 1 saturated heterocycles. The maximum atomic E-state index is 12.9. The van der Waals surface area contributed by atoms with Crippen LogP contribution in [-0.2, 0) is 10.9 Å². The first kappa shape index (κ1) is 19.5. The number of aliphatic hydroxyl groups excluding tert-OH is 2. The number of nitrogens with zero attached hydrogens (tertiary/aromatic N) is 2. The highest BCUT2D eigenvalue weighted by Gasteiger charge is 2.43. The smallest absolute Gasteiger partial charge is 0.394 e. The number of nitrogens with one attached hydrogen (secondary N) is 1. The van der Waals surface area contributed by atoms with Crippen molar-refractivity contribution in [2.75, 3.05) is 11.9 Å². The maximum Gasteiger partial charge on any atom is 0.434 e. The quantitative estimate of drug-likeness (QED) is 0.752. The Morgan fingerprint density at radius 3 is 2.52 bits per heavy atom. The minimum atomic E-state index is -4.61. The topological polar surface area (TPSA) is 87.5 Å². The summed E-state index contributed by atoms with van der Waals surface area (Å²) in [7, 11) is 0. The molecule has 6 nitrogen and oxygen atoms in total. The third-order valence-corrected chi connectivity index (χ3v) is 4.68. The summed E-state index contributed by atoms with van der Waals surface area (Å²) in [5.41, 5.74) is -0.339. The SMILES string of the molecule is C[C@H]1[C@@H](O)[C@@H](CO)O[C@@H](c2ccccc2)[C@@H]1Nc1cncc(C(F)(F)F)n1. The Labute approximate surface area is 154 Å². The van der Waals surface area contributed by atoms with Crippen molar-refractivity contribution in [3.63, 3.8) is 0 Å². The number of hydrogen-bond donors (Lipinski definition) is 3. The summed E-state index contributed by atoms with van der Waals surface area (Å²) in [5.74, 6) is -0.502. The lowest BCUT2D eigenvalue weighted by atomic mass is 9.83. The van der Waals surface area contributed by atoms with Crippen LogP contribution in [0.3, 0.4) is 0 Å². The van der Waals surface area contributed by atoms with Crippen molar-refractivity contribution >= 4 is 5.82 Å². The van der Waals surface area contributed by atoms with E-state index in [1.54, 1.807) is 6.92 Å². The number of anilines is 1. The van der Waals surface area contributed by atoms with Crippen molar-refractivity contribution in [3.05, 3.63) is 54.0 Å². The van der Waals surface area contributed by atoms with Crippen molar-refractivity contribution in [1.29, 1.82) is 0 Å². The van der Waals surface area contributed by atoms with E-state index in [1.165, 1.54) is 6.20 Å². The summed E-state index contributed by atoms with van der Waals surface area (Å²) < 4.78 is 44.6. The van der Waals surface area contributed by atoms with E-state index in [2.05, 4.69) is 15.3 Å². The third kappa shape index (κ3) is 4.20. The summed E-state index contributed by atoms with van der Waals surface area (Å²) in [6.45, 7) is 1.37. The Morgan fingerprint density at radius 1 is 1.19 bits per heavy atom. The normalized spacial score (nSPS) is 28.7. The highest BCUT2D eigenvalue weighted by Crippen LogP contribution is 2.37. The second kappa shape index (κ2) is 7.79. The zero-order chi connectivity index (χ0) is 19.6. The first-order chi connectivity index (χ1) is 12.8. The molecule has 3 rings (SSSR count). The molecule has 146 valence electrons. The molecule has 1 aromatic heterocycles. The molecule has 1 aliphatic rings. The minimum Gasteiger partial charge on any atom is -0.394 e. The zero-order valence-electron chi connectivity index (χ0n) is 14.5. The van der Waals surface area contributed by atoms with E-state index in [0.717, 1.165) is 5.56 Å². The summed E-state index contributed by atoms with van der Waals surface area (Å²) >= 11 is 0. The van der Waals surface area contributed by atoms with E-state index < -0.39 is 42.1 Å². The summed E-state index contributed by atoms with van der Waals surface area (Å²) in [5, 5.41) is 22.8. The van der Waals surface area contributed by atoms with Gasteiger partial charge in [-0.05, 0) is 5.56 Å². The van der Waals surface area contributed by atoms with E-state index in [0.29, 0.717) is 6.20 Å². The molecule has 2 aromatic rings. The summed E-state index contributed by atoms with van der Waals surface area (Å²) in [6.07, 6.45) is -5.16. The van der Waals surface area contributed by atoms with Gasteiger partial charge in [-0.15, -0.1) is 0 Å². The van der Waals surface area contributed by atoms with Crippen LogP contribution in [-0.4, -0.2) is 45.0 Å². The van der Waals surface area contributed by atoms with Gasteiger partial charge in [-0.2, -0.15) is 13.2 Å². The van der Waals surface area contributed by atoms with E-state index in [-0.39, 0.29) is 12.4 Å². The Morgan fingerprint density at radius 2 is 1.89 bits per heavy atom. The van der Waals surface area contributed by atoms with Crippen LogP contribution in [0.15, 0.2) is 42.7 Å². The van der Waals surface area contributed by atoms with Crippen LogP contribution in [0.4, 0.5) is 19.0 Å². The molecule has 0 saturated carbocycles. The fraction of sp³-hybridized carbons (Fsp3) is 0.444. The maximum absolute atomic E-state index is 12.9. The summed E-state index contributed by atoms with van der Waals surface area (Å²) in [6, 6.07) is 8.50. The van der Waals surface area contributed by atoms with Gasteiger partial charge in [0, 0.05) is 5.92 Å². The Kier molecular flexibility index (Phi) is 5.64. The first-order valence-corrected chi connectivity index (χ1v) is 8.46. The van der Waals surface area contributed by atoms with Gasteiger partial charge in [0.2, 0.25) is 0 Å². The molecule has 5 atom stereocenters. The van der Waals surface area contributed by atoms with Gasteiger partial charge in [-0.1, -0.05) is 37.3 Å². The van der Waals surface area contributed by atoms with Gasteiger partial charge < -0.3 is 20.3 Å². The molecule has 0 amide bonds. The number of aliphatic hydroxyl groups is 2. The predicted octanol–water partition coefficient (Wildman–Crippen LogP) is 2.41. The molecule has 2 heterocycles. The highest BCUT2D eigenvalue weighted by molar-refractivity contribution is 5.36. The molecule has 1 aliphatic heterocycles. The van der Waals surface area contributed by atoms with Gasteiger partial charge in [-0.25, -0.2) is 4.98 Å². The zero-order valence-corrected chi connectivity index (χ0v) is 14.5. The molecule has 3 N–H and O–H groups in total. The van der Waals surface area contributed by atoms with E-state index in [9.17, 15) is 23.4 Å². The second-order valence-corrected chi connectivity index (χ2v) is 6.50. The number of alkyl halides is 3. The van der Waals surface area contributed by atoms with Crippen molar-refractivity contribution in [3.8, 4) is 0 Å². The summed E-state index contributed by atoms with van der Waals surface area (Å²) in [4.78, 5) is 7.18. The Balaban J connectivity index is 1.92. The molecule has 27 heavy (non-hydrogen) atoms. The van der Waals surface area contributed by atoms with E-state index in [4.69, 9.17) is 4.74 Å². The van der Waals surface area contributed by atoms with Crippen molar-refractivity contribution in [2.45, 2.75) is 37.5 Å². The molecular weight excluding hydrogens is 363 g/mol. The lowest BCUT2D eigenvalue weighted by Crippen LogP contribution is -2.53. The molecule has 0 unspecified atom stereocenters. The van der Waals surface area contributed by atoms with Crippen LogP contribution in [0, 0.1) is 5.92 Å². The molecule has 1 fully saturated rings. The van der Waals surface area contributed by atoms with Gasteiger partial charge in [0.15, 0.2) is 5.69 Å². The average Bonchev–Trinajstić information content (AvgIpc) is 2.66. The fourth-order valence-electron chi connectivity index (χ4n) is 3.21.